The van der Waals surface area contributed by atoms with Crippen LogP contribution in [0.25, 0.3) is 11.0 Å². The van der Waals surface area contributed by atoms with Gasteiger partial charge in [0.2, 0.25) is 0 Å². The highest BCUT2D eigenvalue weighted by Crippen LogP contribution is 2.25. The monoisotopic (exact) mass is 270 g/mol. The Kier molecular flexibility index (Phi) is 4.19. The topological polar surface area (TPSA) is 27.1 Å². The molecule has 3 nitrogen and oxygen atoms in total. The Bertz CT molecular complexity index is 539. The smallest absolute Gasteiger partial charge is 0.127 e. The van der Waals surface area contributed by atoms with Crippen molar-refractivity contribution in [1.29, 1.82) is 0 Å². The quantitative estimate of drug-likeness (QED) is 0.614. The zero-order chi connectivity index (χ0) is 13.1. The molecule has 1 aromatic carbocycles. The van der Waals surface area contributed by atoms with Gasteiger partial charge in [-0.05, 0) is 31.5 Å². The van der Waals surface area contributed by atoms with E-state index in [9.17, 15) is 4.39 Å². The first-order chi connectivity index (χ1) is 8.63. The third-order valence-corrected chi connectivity index (χ3v) is 3.02. The number of halogens is 2. The lowest BCUT2D eigenvalue weighted by atomic mass is 10.3. The lowest BCUT2D eigenvalue weighted by molar-refractivity contribution is 0.190. The summed E-state index contributed by atoms with van der Waals surface area (Å²) in [5.74, 6) is 0.512. The molecule has 0 saturated heterocycles. The van der Waals surface area contributed by atoms with Gasteiger partial charge in [0.1, 0.15) is 11.6 Å². The number of methoxy groups -OCH3 is 1. The van der Waals surface area contributed by atoms with Crippen LogP contribution in [-0.2, 0) is 11.3 Å². The van der Waals surface area contributed by atoms with Gasteiger partial charge < -0.3 is 9.30 Å². The molecule has 0 amide bonds. The molecular weight excluding hydrogens is 255 g/mol. The van der Waals surface area contributed by atoms with E-state index in [0.717, 1.165) is 29.8 Å². The van der Waals surface area contributed by atoms with Crippen molar-refractivity contribution >= 4 is 22.6 Å². The summed E-state index contributed by atoms with van der Waals surface area (Å²) in [6, 6.07) is 4.59. The average molecular weight is 271 g/mol. The molecule has 0 aliphatic heterocycles. The van der Waals surface area contributed by atoms with E-state index in [0.29, 0.717) is 6.61 Å². The summed E-state index contributed by atoms with van der Waals surface area (Å²) >= 11 is 6.12. The number of rotatable bonds is 5. The van der Waals surface area contributed by atoms with E-state index in [1.807, 2.05) is 11.5 Å². The van der Waals surface area contributed by atoms with Crippen molar-refractivity contribution < 1.29 is 9.13 Å². The maximum absolute atomic E-state index is 13.3. The van der Waals surface area contributed by atoms with Crippen molar-refractivity contribution in [3.8, 4) is 0 Å². The molecule has 1 atom stereocenters. The van der Waals surface area contributed by atoms with Crippen LogP contribution in [0, 0.1) is 5.82 Å². The van der Waals surface area contributed by atoms with Crippen LogP contribution in [0.15, 0.2) is 18.2 Å². The van der Waals surface area contributed by atoms with E-state index in [2.05, 4.69) is 4.98 Å². The number of aryl methyl sites for hydroxylation is 1. The molecule has 98 valence electrons. The first-order valence-electron chi connectivity index (χ1n) is 5.92. The van der Waals surface area contributed by atoms with Gasteiger partial charge in [-0.15, -0.1) is 11.6 Å². The molecule has 0 aliphatic rings. The van der Waals surface area contributed by atoms with E-state index < -0.39 is 0 Å². The third kappa shape index (κ3) is 2.65. The Morgan fingerprint density at radius 2 is 2.28 bits per heavy atom. The normalized spacial score (nSPS) is 13.1. The number of nitrogens with zero attached hydrogens (tertiary/aromatic N) is 2. The number of hydrogen-bond donors (Lipinski definition) is 0. The standard InChI is InChI=1S/C13H16ClFN2O/c1-9(14)13-16-11-5-4-10(15)8-12(11)17(13)6-3-7-18-2/h4-5,8-9H,3,6-7H2,1-2H3. The molecule has 0 fully saturated rings. The molecule has 5 heteroatoms. The maximum Gasteiger partial charge on any atom is 0.127 e. The third-order valence-electron chi connectivity index (χ3n) is 2.83. The van der Waals surface area contributed by atoms with Crippen LogP contribution in [0.4, 0.5) is 4.39 Å². The fraction of sp³-hybridized carbons (Fsp3) is 0.462. The van der Waals surface area contributed by atoms with Crippen LogP contribution in [-0.4, -0.2) is 23.3 Å². The van der Waals surface area contributed by atoms with Gasteiger partial charge in [0.15, 0.2) is 0 Å². The molecule has 18 heavy (non-hydrogen) atoms. The Balaban J connectivity index is 2.43. The molecule has 2 rings (SSSR count). The van der Waals surface area contributed by atoms with Gasteiger partial charge in [-0.2, -0.15) is 0 Å². The summed E-state index contributed by atoms with van der Waals surface area (Å²) < 4.78 is 20.3. The zero-order valence-electron chi connectivity index (χ0n) is 10.5. The predicted molar refractivity (Wildman–Crippen MR) is 70.5 cm³/mol. The van der Waals surface area contributed by atoms with E-state index in [-0.39, 0.29) is 11.2 Å². The largest absolute Gasteiger partial charge is 0.385 e. The van der Waals surface area contributed by atoms with Gasteiger partial charge in [0.05, 0.1) is 16.4 Å². The number of fused-ring (bicyclic) bond motifs is 1. The molecular formula is C13H16ClFN2O. The number of aromatic nitrogens is 2. The molecule has 0 saturated carbocycles. The molecule has 0 N–H and O–H groups in total. The summed E-state index contributed by atoms with van der Waals surface area (Å²) in [5, 5.41) is -0.206. The number of hydrogen-bond acceptors (Lipinski definition) is 2. The zero-order valence-corrected chi connectivity index (χ0v) is 11.2. The van der Waals surface area contributed by atoms with Crippen LogP contribution < -0.4 is 0 Å². The molecule has 2 aromatic rings. The highest BCUT2D eigenvalue weighted by molar-refractivity contribution is 6.20. The number of ether oxygens (including phenoxy) is 1. The number of imidazole rings is 1. The maximum atomic E-state index is 13.3. The van der Waals surface area contributed by atoms with Crippen molar-refractivity contribution in [3.63, 3.8) is 0 Å². The fourth-order valence-corrected chi connectivity index (χ4v) is 2.19. The van der Waals surface area contributed by atoms with Crippen molar-refractivity contribution in [3.05, 3.63) is 29.8 Å². The van der Waals surface area contributed by atoms with Crippen LogP contribution in [0.2, 0.25) is 0 Å². The van der Waals surface area contributed by atoms with Crippen molar-refractivity contribution in [2.24, 2.45) is 0 Å². The SMILES string of the molecule is COCCCn1c(C(C)Cl)nc2ccc(F)cc21. The van der Waals surface area contributed by atoms with Crippen molar-refractivity contribution in [2.75, 3.05) is 13.7 Å². The minimum Gasteiger partial charge on any atom is -0.385 e. The van der Waals surface area contributed by atoms with Crippen molar-refractivity contribution in [2.45, 2.75) is 25.3 Å². The molecule has 1 aromatic heterocycles. The van der Waals surface area contributed by atoms with Crippen LogP contribution in [0.5, 0.6) is 0 Å². The second kappa shape index (κ2) is 5.67. The van der Waals surface area contributed by atoms with Gasteiger partial charge >= 0.3 is 0 Å². The van der Waals surface area contributed by atoms with E-state index in [1.54, 1.807) is 13.2 Å². The predicted octanol–water partition coefficient (Wildman–Crippen LogP) is 3.51. The van der Waals surface area contributed by atoms with Crippen LogP contribution in [0.3, 0.4) is 0 Å². The van der Waals surface area contributed by atoms with E-state index >= 15 is 0 Å². The van der Waals surface area contributed by atoms with Gasteiger partial charge in [-0.3, -0.25) is 0 Å². The lowest BCUT2D eigenvalue weighted by Gasteiger charge is -2.10. The summed E-state index contributed by atoms with van der Waals surface area (Å²) in [5.41, 5.74) is 1.56. The molecule has 1 heterocycles. The lowest BCUT2D eigenvalue weighted by Crippen LogP contribution is -2.06. The van der Waals surface area contributed by atoms with E-state index in [1.165, 1.54) is 12.1 Å². The van der Waals surface area contributed by atoms with Crippen LogP contribution in [0.1, 0.15) is 24.5 Å². The van der Waals surface area contributed by atoms with Gasteiger partial charge in [-0.25, -0.2) is 9.37 Å². The summed E-state index contributed by atoms with van der Waals surface area (Å²) in [6.07, 6.45) is 0.842. The Morgan fingerprint density at radius 1 is 1.50 bits per heavy atom. The number of benzene rings is 1. The molecule has 1 unspecified atom stereocenters. The van der Waals surface area contributed by atoms with E-state index in [4.69, 9.17) is 16.3 Å². The molecule has 0 aliphatic carbocycles. The summed E-state index contributed by atoms with van der Waals surface area (Å²) in [4.78, 5) is 4.46. The summed E-state index contributed by atoms with van der Waals surface area (Å²) in [6.45, 7) is 3.25. The second-order valence-electron chi connectivity index (χ2n) is 4.22. The number of alkyl halides is 1. The average Bonchev–Trinajstić information content (AvgIpc) is 2.68. The Labute approximate surface area is 111 Å². The second-order valence-corrected chi connectivity index (χ2v) is 4.87. The van der Waals surface area contributed by atoms with Crippen LogP contribution >= 0.6 is 11.6 Å². The minimum atomic E-state index is -0.260. The van der Waals surface area contributed by atoms with Gasteiger partial charge in [0, 0.05) is 20.3 Å². The first-order valence-corrected chi connectivity index (χ1v) is 6.36. The van der Waals surface area contributed by atoms with Crippen molar-refractivity contribution in [1.82, 2.24) is 9.55 Å². The van der Waals surface area contributed by atoms with Gasteiger partial charge in [-0.1, -0.05) is 0 Å². The fourth-order valence-electron chi connectivity index (χ4n) is 2.02. The Hall–Kier alpha value is -1.13. The molecule has 0 bridgehead atoms. The highest BCUT2D eigenvalue weighted by Gasteiger charge is 2.15. The summed E-state index contributed by atoms with van der Waals surface area (Å²) in [7, 11) is 1.66. The minimum absolute atomic E-state index is 0.206. The first kappa shape index (κ1) is 13.3. The highest BCUT2D eigenvalue weighted by atomic mass is 35.5. The van der Waals surface area contributed by atoms with Gasteiger partial charge in [0.25, 0.3) is 0 Å². The Morgan fingerprint density at radius 3 is 2.94 bits per heavy atom. The molecule has 0 radical (unpaired) electrons. The molecule has 0 spiro atoms.